The van der Waals surface area contributed by atoms with Gasteiger partial charge in [0.25, 0.3) is 0 Å². The molecule has 0 saturated heterocycles. The number of esters is 1. The minimum Gasteiger partial charge on any atom is -0.463 e. The Hall–Kier alpha value is -3.13. The van der Waals surface area contributed by atoms with Gasteiger partial charge in [0.2, 0.25) is 6.79 Å². The Labute approximate surface area is 178 Å². The van der Waals surface area contributed by atoms with E-state index in [1.165, 1.54) is 5.56 Å². The van der Waals surface area contributed by atoms with Crippen LogP contribution in [0, 0.1) is 6.92 Å². The fourth-order valence-electron chi connectivity index (χ4n) is 3.31. The molecule has 0 aromatic heterocycles. The van der Waals surface area contributed by atoms with E-state index < -0.39 is 12.0 Å². The zero-order valence-electron chi connectivity index (χ0n) is 16.7. The number of hydrogen-bond donors (Lipinski definition) is 2. The maximum absolute atomic E-state index is 12.9. The van der Waals surface area contributed by atoms with Crippen molar-refractivity contribution in [2.24, 2.45) is 0 Å². The molecule has 0 saturated carbocycles. The van der Waals surface area contributed by atoms with Crippen LogP contribution in [0.3, 0.4) is 0 Å². The summed E-state index contributed by atoms with van der Waals surface area (Å²) in [6, 6.07) is 12.4. The van der Waals surface area contributed by atoms with Gasteiger partial charge in [0, 0.05) is 16.3 Å². The third-order valence-corrected chi connectivity index (χ3v) is 5.82. The first-order chi connectivity index (χ1) is 14.5. The lowest BCUT2D eigenvalue weighted by Gasteiger charge is -2.29. The van der Waals surface area contributed by atoms with Crippen molar-refractivity contribution in [3.8, 4) is 11.5 Å². The van der Waals surface area contributed by atoms with Gasteiger partial charge in [-0.1, -0.05) is 23.8 Å². The van der Waals surface area contributed by atoms with Crippen LogP contribution in [0.2, 0.25) is 0 Å². The van der Waals surface area contributed by atoms with Crippen LogP contribution in [0.25, 0.3) is 0 Å². The molecule has 2 aliphatic heterocycles. The zero-order valence-corrected chi connectivity index (χ0v) is 17.5. The first kappa shape index (κ1) is 20.2. The minimum atomic E-state index is -0.652. The third kappa shape index (κ3) is 4.23. The number of nitrogens with one attached hydrogen (secondary N) is 2. The summed E-state index contributed by atoms with van der Waals surface area (Å²) < 4.78 is 16.1. The number of urea groups is 1. The van der Waals surface area contributed by atoms with Crippen LogP contribution in [0.4, 0.5) is 4.79 Å². The second-order valence-corrected chi connectivity index (χ2v) is 7.91. The van der Waals surface area contributed by atoms with E-state index in [-0.39, 0.29) is 19.4 Å². The molecule has 0 unspecified atom stereocenters. The first-order valence-corrected chi connectivity index (χ1v) is 10.6. The van der Waals surface area contributed by atoms with E-state index in [4.69, 9.17) is 14.2 Å². The van der Waals surface area contributed by atoms with Gasteiger partial charge in [-0.2, -0.15) is 0 Å². The lowest BCUT2D eigenvalue weighted by molar-refractivity contribution is -0.139. The lowest BCUT2D eigenvalue weighted by Crippen LogP contribution is -2.46. The van der Waals surface area contributed by atoms with Crippen LogP contribution in [0.5, 0.6) is 11.5 Å². The van der Waals surface area contributed by atoms with Crippen LogP contribution >= 0.6 is 11.8 Å². The smallest absolute Gasteiger partial charge is 0.338 e. The number of thioether (sulfide) groups is 1. The molecule has 0 aliphatic carbocycles. The number of hydrogen-bond acceptors (Lipinski definition) is 6. The quantitative estimate of drug-likeness (QED) is 0.541. The Morgan fingerprint density at radius 1 is 1.17 bits per heavy atom. The summed E-state index contributed by atoms with van der Waals surface area (Å²) in [6.45, 7) is 4.17. The summed E-state index contributed by atoms with van der Waals surface area (Å²) in [5.74, 6) is 1.17. The van der Waals surface area contributed by atoms with E-state index in [2.05, 4.69) is 10.6 Å². The molecule has 2 heterocycles. The standard InChI is InChI=1S/C22H22N2O5S/c1-3-27-21(25)19-16(11-30-15-7-4-13(2)5-8-15)23-22(26)24-20(19)14-6-9-17-18(10-14)29-12-28-17/h4-10,20H,3,11-12H2,1-2H3,(H2,23,24,26)/t20-/m1/s1. The molecular formula is C22H22N2O5S. The number of aryl methyl sites for hydroxylation is 1. The molecule has 4 rings (SSSR count). The second kappa shape index (κ2) is 8.71. The average molecular weight is 426 g/mol. The van der Waals surface area contributed by atoms with Crippen molar-refractivity contribution < 1.29 is 23.8 Å². The van der Waals surface area contributed by atoms with Gasteiger partial charge in [-0.3, -0.25) is 0 Å². The van der Waals surface area contributed by atoms with Crippen molar-refractivity contribution in [3.05, 3.63) is 64.9 Å². The molecule has 0 spiro atoms. The van der Waals surface area contributed by atoms with Gasteiger partial charge >= 0.3 is 12.0 Å². The van der Waals surface area contributed by atoms with E-state index in [9.17, 15) is 9.59 Å². The molecule has 156 valence electrons. The average Bonchev–Trinajstić information content (AvgIpc) is 3.21. The van der Waals surface area contributed by atoms with E-state index in [0.717, 1.165) is 10.5 Å². The largest absolute Gasteiger partial charge is 0.463 e. The van der Waals surface area contributed by atoms with Crippen LogP contribution in [0.1, 0.15) is 24.1 Å². The molecule has 0 bridgehead atoms. The minimum absolute atomic E-state index is 0.149. The van der Waals surface area contributed by atoms with Crippen molar-refractivity contribution in [2.75, 3.05) is 19.2 Å². The Balaban J connectivity index is 1.68. The van der Waals surface area contributed by atoms with Crippen LogP contribution < -0.4 is 20.1 Å². The Morgan fingerprint density at radius 2 is 1.93 bits per heavy atom. The van der Waals surface area contributed by atoms with Gasteiger partial charge in [-0.25, -0.2) is 9.59 Å². The number of rotatable bonds is 6. The summed E-state index contributed by atoms with van der Waals surface area (Å²) in [5, 5.41) is 5.63. The number of carbonyl (C=O) groups is 2. The van der Waals surface area contributed by atoms with Gasteiger partial charge in [-0.15, -0.1) is 11.8 Å². The highest BCUT2D eigenvalue weighted by Gasteiger charge is 2.34. The molecule has 30 heavy (non-hydrogen) atoms. The highest BCUT2D eigenvalue weighted by atomic mass is 32.2. The zero-order chi connectivity index (χ0) is 21.1. The van der Waals surface area contributed by atoms with Gasteiger partial charge in [0.15, 0.2) is 11.5 Å². The Bertz CT molecular complexity index is 1000. The monoisotopic (exact) mass is 426 g/mol. The number of fused-ring (bicyclic) bond motifs is 1. The molecule has 2 N–H and O–H groups in total. The molecule has 2 amide bonds. The second-order valence-electron chi connectivity index (χ2n) is 6.86. The maximum atomic E-state index is 12.9. The van der Waals surface area contributed by atoms with Crippen LogP contribution in [0.15, 0.2) is 58.6 Å². The first-order valence-electron chi connectivity index (χ1n) is 9.62. The Kier molecular flexibility index (Phi) is 5.85. The molecule has 2 aliphatic rings. The topological polar surface area (TPSA) is 85.9 Å². The number of amides is 2. The molecule has 0 fully saturated rings. The van der Waals surface area contributed by atoms with Crippen molar-refractivity contribution in [2.45, 2.75) is 24.8 Å². The number of ether oxygens (including phenoxy) is 3. The summed E-state index contributed by atoms with van der Waals surface area (Å²) >= 11 is 1.54. The normalized spacial score (nSPS) is 17.4. The molecule has 7 nitrogen and oxygen atoms in total. The van der Waals surface area contributed by atoms with E-state index in [1.807, 2.05) is 37.3 Å². The van der Waals surface area contributed by atoms with E-state index in [0.29, 0.717) is 28.5 Å². The predicted molar refractivity (Wildman–Crippen MR) is 113 cm³/mol. The van der Waals surface area contributed by atoms with Gasteiger partial charge < -0.3 is 24.8 Å². The van der Waals surface area contributed by atoms with Gasteiger partial charge in [0.1, 0.15) is 0 Å². The summed E-state index contributed by atoms with van der Waals surface area (Å²) in [6.07, 6.45) is 0. The summed E-state index contributed by atoms with van der Waals surface area (Å²) in [5.41, 5.74) is 2.80. The molecule has 8 heteroatoms. The SMILES string of the molecule is CCOC(=O)C1=C(CSc2ccc(C)cc2)NC(=O)N[C@@H]1c1ccc2c(c1)OCO2. The van der Waals surface area contributed by atoms with Crippen molar-refractivity contribution in [1.29, 1.82) is 0 Å². The summed E-state index contributed by atoms with van der Waals surface area (Å²) in [7, 11) is 0. The van der Waals surface area contributed by atoms with Gasteiger partial charge in [-0.05, 0) is 43.7 Å². The van der Waals surface area contributed by atoms with Crippen molar-refractivity contribution >= 4 is 23.8 Å². The molecule has 2 aromatic carbocycles. The molecular weight excluding hydrogens is 404 g/mol. The van der Waals surface area contributed by atoms with Crippen molar-refractivity contribution in [3.63, 3.8) is 0 Å². The lowest BCUT2D eigenvalue weighted by atomic mass is 9.95. The molecule has 0 radical (unpaired) electrons. The van der Waals surface area contributed by atoms with Crippen LogP contribution in [-0.4, -0.2) is 31.2 Å². The Morgan fingerprint density at radius 3 is 2.70 bits per heavy atom. The fourth-order valence-corrected chi connectivity index (χ4v) is 4.18. The molecule has 1 atom stereocenters. The van der Waals surface area contributed by atoms with E-state index in [1.54, 1.807) is 30.8 Å². The number of benzene rings is 2. The highest BCUT2D eigenvalue weighted by molar-refractivity contribution is 7.99. The van der Waals surface area contributed by atoms with Crippen LogP contribution in [-0.2, 0) is 9.53 Å². The maximum Gasteiger partial charge on any atom is 0.338 e. The highest BCUT2D eigenvalue weighted by Crippen LogP contribution is 2.37. The summed E-state index contributed by atoms with van der Waals surface area (Å²) in [4.78, 5) is 26.3. The van der Waals surface area contributed by atoms with E-state index >= 15 is 0 Å². The third-order valence-electron chi connectivity index (χ3n) is 4.78. The number of carbonyl (C=O) groups excluding carboxylic acids is 2. The van der Waals surface area contributed by atoms with Gasteiger partial charge in [0.05, 0.1) is 18.2 Å². The fraction of sp³-hybridized carbons (Fsp3) is 0.273. The van der Waals surface area contributed by atoms with Crippen molar-refractivity contribution in [1.82, 2.24) is 10.6 Å². The molecule has 2 aromatic rings. The predicted octanol–water partition coefficient (Wildman–Crippen LogP) is 3.69.